The van der Waals surface area contributed by atoms with E-state index in [4.69, 9.17) is 13.8 Å². The number of carbonyl (C=O) groups is 2. The van der Waals surface area contributed by atoms with Gasteiger partial charge in [-0.05, 0) is 30.2 Å². The first-order valence-electron chi connectivity index (χ1n) is 10.6. The molecule has 1 aromatic carbocycles. The minimum atomic E-state index is -5.06. The van der Waals surface area contributed by atoms with Crippen molar-refractivity contribution in [2.75, 3.05) is 6.54 Å². The molecular weight excluding hydrogens is 502 g/mol. The molecule has 188 valence electrons. The molecule has 2 amide bonds. The number of rotatable bonds is 4. The Hall–Kier alpha value is -2.27. The average molecular weight is 527 g/mol. The maximum Gasteiger partial charge on any atom is 0.457 e. The Balaban J connectivity index is 1.48. The van der Waals surface area contributed by atoms with Crippen LogP contribution in [0.15, 0.2) is 48.8 Å². The van der Waals surface area contributed by atoms with Crippen molar-refractivity contribution in [1.82, 2.24) is 9.88 Å². The molecule has 0 aliphatic carbocycles. The molecule has 0 spiro atoms. The summed E-state index contributed by atoms with van der Waals surface area (Å²) in [5, 5.41) is 7.82. The van der Waals surface area contributed by atoms with Crippen LogP contribution in [0.25, 0.3) is 0 Å². The van der Waals surface area contributed by atoms with Crippen LogP contribution in [-0.4, -0.2) is 53.3 Å². The molecule has 3 heterocycles. The predicted octanol–water partition coefficient (Wildman–Crippen LogP) is 2.71. The zero-order chi connectivity index (χ0) is 25.6. The van der Waals surface area contributed by atoms with Crippen molar-refractivity contribution in [3.8, 4) is 5.75 Å². The van der Waals surface area contributed by atoms with Crippen LogP contribution in [0.5, 0.6) is 5.75 Å². The lowest BCUT2D eigenvalue weighted by Gasteiger charge is -2.38. The summed E-state index contributed by atoms with van der Waals surface area (Å²) in [6.45, 7) is 3.72. The molecule has 0 saturated carbocycles. The first kappa shape index (κ1) is 25.8. The number of nitrogens with zero attached hydrogens (tertiary/aromatic N) is 2. The quantitative estimate of drug-likeness (QED) is 0.430. The van der Waals surface area contributed by atoms with Gasteiger partial charge in [-0.2, -0.15) is 9.79 Å². The number of likely N-dealkylation sites (tertiary alicyclic amines) is 1. The smallest absolute Gasteiger partial charge is 0.410 e. The van der Waals surface area contributed by atoms with Gasteiger partial charge in [0.2, 0.25) is 12.2 Å². The predicted molar refractivity (Wildman–Crippen MR) is 122 cm³/mol. The van der Waals surface area contributed by atoms with Gasteiger partial charge in [-0.1, -0.05) is 32.0 Å². The molecule has 2 fully saturated rings. The monoisotopic (exact) mass is 527 g/mol. The topological polar surface area (TPSA) is 176 Å². The maximum atomic E-state index is 12.9. The van der Waals surface area contributed by atoms with E-state index in [1.54, 1.807) is 13.8 Å². The summed E-state index contributed by atoms with van der Waals surface area (Å²) >= 11 is 0. The van der Waals surface area contributed by atoms with Crippen molar-refractivity contribution in [2.45, 2.75) is 38.1 Å². The summed E-state index contributed by atoms with van der Waals surface area (Å²) in [6.07, 6.45) is 0.0614. The molecule has 2 saturated heterocycles. The number of aliphatic hydroxyl groups is 1. The van der Waals surface area contributed by atoms with Gasteiger partial charge in [-0.3, -0.25) is 18.9 Å². The number of imide groups is 1. The number of aromatic nitrogens is 1. The van der Waals surface area contributed by atoms with E-state index in [0.29, 0.717) is 6.42 Å². The number of pyridine rings is 1. The van der Waals surface area contributed by atoms with Crippen molar-refractivity contribution in [3.63, 3.8) is 0 Å². The summed E-state index contributed by atoms with van der Waals surface area (Å²) < 4.78 is 28.4. The summed E-state index contributed by atoms with van der Waals surface area (Å²) in [7, 11) is -9.94. The van der Waals surface area contributed by atoms with Crippen molar-refractivity contribution >= 4 is 27.5 Å². The van der Waals surface area contributed by atoms with E-state index in [1.807, 2.05) is 0 Å². The van der Waals surface area contributed by atoms with Crippen molar-refractivity contribution in [3.05, 3.63) is 59.9 Å². The van der Waals surface area contributed by atoms with E-state index in [-0.39, 0.29) is 29.3 Å². The number of hydrogen-bond acceptors (Lipinski definition) is 10. The molecule has 2 aromatic rings. The van der Waals surface area contributed by atoms with E-state index in [2.05, 4.69) is 4.98 Å². The van der Waals surface area contributed by atoms with Crippen molar-refractivity contribution in [1.29, 1.82) is 0 Å². The Labute approximate surface area is 201 Å². The third kappa shape index (κ3) is 4.76. The molecule has 3 atom stereocenters. The number of carbonyl (C=O) groups excluding carboxylic acids is 2. The molecular formula is C21H25N2O10P2+. The lowest BCUT2D eigenvalue weighted by Crippen LogP contribution is -2.40. The second kappa shape index (κ2) is 8.99. The largest absolute Gasteiger partial charge is 0.457 e. The van der Waals surface area contributed by atoms with Crippen LogP contribution in [0.1, 0.15) is 37.7 Å². The fourth-order valence-corrected chi connectivity index (χ4v) is 7.34. The van der Waals surface area contributed by atoms with Gasteiger partial charge in [0.25, 0.3) is 0 Å². The molecule has 12 nitrogen and oxygen atoms in total. The Kier molecular flexibility index (Phi) is 6.63. The zero-order valence-corrected chi connectivity index (χ0v) is 20.6. The Morgan fingerprint density at radius 1 is 1.29 bits per heavy atom. The third-order valence-corrected chi connectivity index (χ3v) is 10.6. The van der Waals surface area contributed by atoms with Gasteiger partial charge in [0.05, 0.1) is 6.42 Å². The van der Waals surface area contributed by atoms with Crippen LogP contribution >= 0.6 is 15.5 Å². The minimum absolute atomic E-state index is 0.0707. The van der Waals surface area contributed by atoms with Crippen LogP contribution in [-0.2, 0) is 24.8 Å². The van der Waals surface area contributed by atoms with E-state index >= 15 is 0 Å². The average Bonchev–Trinajstić information content (AvgIpc) is 3.05. The number of ether oxygens (including phenoxy) is 1. The molecule has 4 rings (SSSR count). The van der Waals surface area contributed by atoms with E-state index < -0.39 is 44.8 Å². The molecule has 2 aliphatic rings. The van der Waals surface area contributed by atoms with Crippen molar-refractivity contribution < 1.29 is 47.7 Å². The fraction of sp³-hybridized carbons (Fsp3) is 0.381. The van der Waals surface area contributed by atoms with Gasteiger partial charge in [-0.15, -0.1) is 4.52 Å². The van der Waals surface area contributed by atoms with Gasteiger partial charge < -0.3 is 14.7 Å². The fourth-order valence-electron chi connectivity index (χ4n) is 3.71. The summed E-state index contributed by atoms with van der Waals surface area (Å²) in [5.74, 6) is -0.270. The lowest BCUT2D eigenvalue weighted by atomic mass is 9.92. The lowest BCUT2D eigenvalue weighted by molar-refractivity contribution is -0.132. The molecule has 2 aliphatic heterocycles. The molecule has 14 heteroatoms. The van der Waals surface area contributed by atoms with Gasteiger partial charge >= 0.3 is 26.7 Å². The highest BCUT2D eigenvalue weighted by molar-refractivity contribution is 7.76. The van der Waals surface area contributed by atoms with Gasteiger partial charge in [0, 0.05) is 29.9 Å². The van der Waals surface area contributed by atoms with Gasteiger partial charge in [0.1, 0.15) is 5.75 Å². The highest BCUT2D eigenvalue weighted by Gasteiger charge is 2.77. The van der Waals surface area contributed by atoms with Crippen molar-refractivity contribution in [2.24, 2.45) is 5.41 Å². The van der Waals surface area contributed by atoms with Gasteiger partial charge in [-0.25, -0.2) is 9.69 Å². The summed E-state index contributed by atoms with van der Waals surface area (Å²) in [6, 6.07) is 8.26. The molecule has 4 N–H and O–H groups in total. The molecule has 3 unspecified atom stereocenters. The SMILES string of the molecule is CC1(C)CCN(C(=O)Oc2ccc(C3OP(=O)(O)C(O)(Cc4cccnc4)[P+](O)(O)O3)cc2)C1=O. The van der Waals surface area contributed by atoms with Crippen LogP contribution in [0.2, 0.25) is 0 Å². The van der Waals surface area contributed by atoms with Gasteiger partial charge in [0.15, 0.2) is 0 Å². The molecule has 0 bridgehead atoms. The Bertz CT molecular complexity index is 1170. The van der Waals surface area contributed by atoms with E-state index in [1.165, 1.54) is 48.8 Å². The number of hydrogen-bond donors (Lipinski definition) is 4. The molecule has 35 heavy (non-hydrogen) atoms. The Morgan fingerprint density at radius 3 is 2.51 bits per heavy atom. The summed E-state index contributed by atoms with van der Waals surface area (Å²) in [4.78, 5) is 61.0. The molecule has 0 radical (unpaired) electrons. The zero-order valence-electron chi connectivity index (χ0n) is 18.8. The standard InChI is InChI=1S/C21H24N2O10P2/c1-20(2)9-11-23(18(20)24)19(25)31-16-7-5-15(6-8-16)17-32-34(27,28)21(26,35(29,30)33-17)12-14-4-3-10-22-13-14/h3-8,10,13,17,26-28H,9,11-12H2,1-2H3/p+1. The maximum absolute atomic E-state index is 12.9. The summed E-state index contributed by atoms with van der Waals surface area (Å²) in [5.41, 5.74) is -0.304. The number of benzene rings is 1. The first-order valence-corrected chi connectivity index (χ1v) is 13.7. The number of amides is 2. The normalized spacial score (nSPS) is 29.7. The second-order valence-corrected chi connectivity index (χ2v) is 13.3. The minimum Gasteiger partial charge on any atom is -0.410 e. The highest BCUT2D eigenvalue weighted by atomic mass is 31.3. The first-order chi connectivity index (χ1) is 16.3. The van der Waals surface area contributed by atoms with Crippen LogP contribution in [0, 0.1) is 5.41 Å². The van der Waals surface area contributed by atoms with Crippen LogP contribution in [0.4, 0.5) is 4.79 Å². The van der Waals surface area contributed by atoms with E-state index in [0.717, 1.165) is 4.90 Å². The molecule has 1 aromatic heterocycles. The third-order valence-electron chi connectivity index (χ3n) is 5.93. The van der Waals surface area contributed by atoms with Crippen LogP contribution < -0.4 is 4.74 Å². The van der Waals surface area contributed by atoms with E-state index in [9.17, 15) is 33.9 Å². The Morgan fingerprint density at radius 2 is 1.97 bits per heavy atom. The highest BCUT2D eigenvalue weighted by Crippen LogP contribution is 2.82. The van der Waals surface area contributed by atoms with Crippen LogP contribution in [0.3, 0.4) is 0 Å². The second-order valence-electron chi connectivity index (χ2n) is 8.95.